The Morgan fingerprint density at radius 3 is 2.36 bits per heavy atom. The van der Waals surface area contributed by atoms with Gasteiger partial charge in [-0.3, -0.25) is 9.59 Å². The smallest absolute Gasteiger partial charge is 0.221 e. The van der Waals surface area contributed by atoms with Crippen molar-refractivity contribution < 1.29 is 9.59 Å². The average molecular weight is 201 g/mol. The predicted molar refractivity (Wildman–Crippen MR) is 54.3 cm³/mol. The molecule has 0 rings (SSSR count). The Balaban J connectivity index is 3.76. The lowest BCUT2D eigenvalue weighted by molar-refractivity contribution is -0.122. The Kier molecular flexibility index (Phi) is 5.87. The number of nitrogens with two attached hydrogens (primary N) is 2. The van der Waals surface area contributed by atoms with Crippen LogP contribution in [-0.2, 0) is 9.59 Å². The van der Waals surface area contributed by atoms with Crippen molar-refractivity contribution in [3.63, 3.8) is 0 Å². The van der Waals surface area contributed by atoms with E-state index in [2.05, 4.69) is 5.32 Å². The first-order valence-corrected chi connectivity index (χ1v) is 4.79. The Labute approximate surface area is 84.2 Å². The van der Waals surface area contributed by atoms with Gasteiger partial charge in [-0.15, -0.1) is 0 Å². The highest BCUT2D eigenvalue weighted by molar-refractivity contribution is 5.79. The Morgan fingerprint density at radius 1 is 1.36 bits per heavy atom. The molecule has 82 valence electrons. The molecule has 0 aliphatic rings. The third-order valence-electron chi connectivity index (χ3n) is 1.89. The molecule has 14 heavy (non-hydrogen) atoms. The van der Waals surface area contributed by atoms with Crippen LogP contribution in [0, 0.1) is 0 Å². The highest BCUT2D eigenvalue weighted by Gasteiger charge is 2.11. The average Bonchev–Trinajstić information content (AvgIpc) is 2.01. The maximum atomic E-state index is 11.3. The van der Waals surface area contributed by atoms with Crippen molar-refractivity contribution in [3.8, 4) is 0 Å². The van der Waals surface area contributed by atoms with Crippen LogP contribution in [0.3, 0.4) is 0 Å². The van der Waals surface area contributed by atoms with E-state index in [1.165, 1.54) is 0 Å². The second kappa shape index (κ2) is 6.37. The molecular formula is C9H19N3O2. The van der Waals surface area contributed by atoms with Crippen molar-refractivity contribution in [1.82, 2.24) is 5.32 Å². The summed E-state index contributed by atoms with van der Waals surface area (Å²) >= 11 is 0. The van der Waals surface area contributed by atoms with E-state index in [1.54, 1.807) is 6.92 Å². The van der Waals surface area contributed by atoms with Crippen LogP contribution in [0.4, 0.5) is 0 Å². The maximum Gasteiger partial charge on any atom is 0.221 e. The summed E-state index contributed by atoms with van der Waals surface area (Å²) in [5.74, 6) is -0.550. The van der Waals surface area contributed by atoms with Crippen LogP contribution in [0.5, 0.6) is 0 Å². The van der Waals surface area contributed by atoms with Gasteiger partial charge >= 0.3 is 0 Å². The number of primary amides is 1. The van der Waals surface area contributed by atoms with Crippen molar-refractivity contribution in [2.75, 3.05) is 0 Å². The van der Waals surface area contributed by atoms with E-state index < -0.39 is 5.91 Å². The maximum absolute atomic E-state index is 11.3. The van der Waals surface area contributed by atoms with Gasteiger partial charge in [-0.25, -0.2) is 0 Å². The summed E-state index contributed by atoms with van der Waals surface area (Å²) in [6.07, 6.45) is 1.21. The number of rotatable bonds is 6. The molecule has 0 aliphatic carbocycles. The fraction of sp³-hybridized carbons (Fsp3) is 0.778. The van der Waals surface area contributed by atoms with Gasteiger partial charge in [-0.1, -0.05) is 6.92 Å². The van der Waals surface area contributed by atoms with Gasteiger partial charge in [-0.05, 0) is 13.3 Å². The zero-order chi connectivity index (χ0) is 11.1. The van der Waals surface area contributed by atoms with Gasteiger partial charge in [0.2, 0.25) is 11.8 Å². The topological polar surface area (TPSA) is 98.2 Å². The summed E-state index contributed by atoms with van der Waals surface area (Å²) in [7, 11) is 0. The highest BCUT2D eigenvalue weighted by atomic mass is 16.2. The number of hydrogen-bond donors (Lipinski definition) is 3. The lowest BCUT2D eigenvalue weighted by atomic mass is 10.1. The number of amides is 2. The molecule has 0 aromatic heterocycles. The molecule has 0 saturated heterocycles. The normalized spacial score (nSPS) is 14.5. The molecule has 0 heterocycles. The van der Waals surface area contributed by atoms with Crippen LogP contribution in [-0.4, -0.2) is 23.9 Å². The summed E-state index contributed by atoms with van der Waals surface area (Å²) in [6, 6.07) is -0.333. The zero-order valence-electron chi connectivity index (χ0n) is 8.75. The molecule has 5 heteroatoms. The number of carbonyl (C=O) groups is 2. The lowest BCUT2D eigenvalue weighted by Crippen LogP contribution is -2.38. The van der Waals surface area contributed by atoms with Gasteiger partial charge in [0.05, 0.1) is 0 Å². The molecule has 0 aromatic carbocycles. The minimum Gasteiger partial charge on any atom is -0.370 e. The summed E-state index contributed by atoms with van der Waals surface area (Å²) in [5, 5.41) is 2.66. The molecule has 0 bridgehead atoms. The summed E-state index contributed by atoms with van der Waals surface area (Å²) < 4.78 is 0. The molecular weight excluding hydrogens is 182 g/mol. The van der Waals surface area contributed by atoms with E-state index in [9.17, 15) is 9.59 Å². The molecule has 5 N–H and O–H groups in total. The molecule has 0 saturated carbocycles. The molecule has 2 unspecified atom stereocenters. The Morgan fingerprint density at radius 2 is 1.93 bits per heavy atom. The second-order valence-corrected chi connectivity index (χ2v) is 3.51. The fourth-order valence-corrected chi connectivity index (χ4v) is 1.07. The van der Waals surface area contributed by atoms with E-state index in [-0.39, 0.29) is 24.4 Å². The van der Waals surface area contributed by atoms with Crippen molar-refractivity contribution in [2.24, 2.45) is 11.5 Å². The van der Waals surface area contributed by atoms with Gasteiger partial charge in [0.15, 0.2) is 0 Å². The first-order chi connectivity index (χ1) is 6.45. The second-order valence-electron chi connectivity index (χ2n) is 3.51. The molecule has 2 atom stereocenters. The van der Waals surface area contributed by atoms with E-state index in [4.69, 9.17) is 11.5 Å². The van der Waals surface area contributed by atoms with Crippen LogP contribution in [0.25, 0.3) is 0 Å². The van der Waals surface area contributed by atoms with Gasteiger partial charge in [0.25, 0.3) is 0 Å². The first kappa shape index (κ1) is 12.9. The quantitative estimate of drug-likeness (QED) is 0.540. The standard InChI is InChI=1S/C9H19N3O2/c1-3-7(10)5-9(14)12-6(2)4-8(11)13/h6-7H,3-5,10H2,1-2H3,(H2,11,13)(H,12,14). The molecule has 0 spiro atoms. The number of carbonyl (C=O) groups excluding carboxylic acids is 2. The van der Waals surface area contributed by atoms with Crippen LogP contribution < -0.4 is 16.8 Å². The zero-order valence-corrected chi connectivity index (χ0v) is 8.75. The van der Waals surface area contributed by atoms with Crippen LogP contribution in [0.2, 0.25) is 0 Å². The fourth-order valence-electron chi connectivity index (χ4n) is 1.07. The van der Waals surface area contributed by atoms with E-state index in [1.807, 2.05) is 6.92 Å². The van der Waals surface area contributed by atoms with E-state index in [0.29, 0.717) is 6.42 Å². The summed E-state index contributed by atoms with van der Waals surface area (Å²) in [5.41, 5.74) is 10.6. The van der Waals surface area contributed by atoms with E-state index >= 15 is 0 Å². The van der Waals surface area contributed by atoms with Crippen molar-refractivity contribution in [3.05, 3.63) is 0 Å². The third-order valence-corrected chi connectivity index (χ3v) is 1.89. The minimum absolute atomic E-state index is 0.115. The third kappa shape index (κ3) is 6.42. The SMILES string of the molecule is CCC(N)CC(=O)NC(C)CC(N)=O. The molecule has 0 fully saturated rings. The van der Waals surface area contributed by atoms with E-state index in [0.717, 1.165) is 6.42 Å². The Bertz CT molecular complexity index is 206. The molecule has 5 nitrogen and oxygen atoms in total. The number of hydrogen-bond acceptors (Lipinski definition) is 3. The molecule has 2 amide bonds. The molecule has 0 aromatic rings. The molecule has 0 radical (unpaired) electrons. The van der Waals surface area contributed by atoms with Gasteiger partial charge in [-0.2, -0.15) is 0 Å². The minimum atomic E-state index is -0.419. The predicted octanol–water partition coefficient (Wildman–Crippen LogP) is -0.506. The van der Waals surface area contributed by atoms with Gasteiger partial charge in [0, 0.05) is 24.9 Å². The van der Waals surface area contributed by atoms with Crippen LogP contribution in [0.1, 0.15) is 33.1 Å². The molecule has 0 aliphatic heterocycles. The summed E-state index contributed by atoms with van der Waals surface area (Å²) in [6.45, 7) is 3.66. The van der Waals surface area contributed by atoms with Crippen molar-refractivity contribution >= 4 is 11.8 Å². The highest BCUT2D eigenvalue weighted by Crippen LogP contribution is 1.95. The van der Waals surface area contributed by atoms with Crippen LogP contribution in [0.15, 0.2) is 0 Å². The van der Waals surface area contributed by atoms with Crippen molar-refractivity contribution in [1.29, 1.82) is 0 Å². The van der Waals surface area contributed by atoms with Crippen LogP contribution >= 0.6 is 0 Å². The lowest BCUT2D eigenvalue weighted by Gasteiger charge is -2.13. The largest absolute Gasteiger partial charge is 0.370 e. The Hall–Kier alpha value is -1.10. The van der Waals surface area contributed by atoms with Gasteiger partial charge in [0.1, 0.15) is 0 Å². The summed E-state index contributed by atoms with van der Waals surface area (Å²) in [4.78, 5) is 21.8. The number of nitrogens with one attached hydrogen (secondary N) is 1. The van der Waals surface area contributed by atoms with Gasteiger partial charge < -0.3 is 16.8 Å². The first-order valence-electron chi connectivity index (χ1n) is 4.79. The monoisotopic (exact) mass is 201 g/mol. The van der Waals surface area contributed by atoms with Crippen molar-refractivity contribution in [2.45, 2.75) is 45.2 Å².